The van der Waals surface area contributed by atoms with Gasteiger partial charge in [0.05, 0.1) is 5.02 Å². The predicted octanol–water partition coefficient (Wildman–Crippen LogP) is 1.36. The number of hydrogen-bond acceptors (Lipinski definition) is 3. The Morgan fingerprint density at radius 1 is 1.47 bits per heavy atom. The summed E-state index contributed by atoms with van der Waals surface area (Å²) in [6, 6.07) is 1.24. The number of nitrogens with one attached hydrogen (secondary N) is 1. The van der Waals surface area contributed by atoms with Crippen molar-refractivity contribution in [1.82, 2.24) is 15.2 Å². The van der Waals surface area contributed by atoms with E-state index >= 15 is 0 Å². The third-order valence-corrected chi connectivity index (χ3v) is 3.74. The Balaban J connectivity index is 2.33. The highest BCUT2D eigenvalue weighted by atomic mass is 35.5. The van der Waals surface area contributed by atoms with Crippen LogP contribution in [0.25, 0.3) is 0 Å². The van der Waals surface area contributed by atoms with Crippen LogP contribution in [-0.4, -0.2) is 33.3 Å². The van der Waals surface area contributed by atoms with Gasteiger partial charge in [-0.3, -0.25) is 14.6 Å². The lowest BCUT2D eigenvalue weighted by Gasteiger charge is -2.43. The first-order valence-corrected chi connectivity index (χ1v) is 6.42. The number of nitrogens with zero attached hydrogens (tertiary/aromatic N) is 2. The molecule has 2 amide bonds. The fourth-order valence-corrected chi connectivity index (χ4v) is 2.22. The highest BCUT2D eigenvalue weighted by Gasteiger charge is 2.44. The van der Waals surface area contributed by atoms with E-state index in [1.807, 2.05) is 0 Å². The van der Waals surface area contributed by atoms with Gasteiger partial charge in [-0.1, -0.05) is 11.6 Å². The van der Waals surface area contributed by atoms with Gasteiger partial charge in [0.25, 0.3) is 0 Å². The van der Waals surface area contributed by atoms with Crippen LogP contribution < -0.4 is 5.32 Å². The fraction of sp³-hybridized carbons (Fsp3) is 0.462. The highest BCUT2D eigenvalue weighted by molar-refractivity contribution is 6.31. The van der Waals surface area contributed by atoms with Crippen molar-refractivity contribution < 1.29 is 9.59 Å². The van der Waals surface area contributed by atoms with Crippen LogP contribution >= 0.6 is 11.6 Å². The van der Waals surface area contributed by atoms with Gasteiger partial charge in [-0.25, -0.2) is 0 Å². The predicted molar refractivity (Wildman–Crippen MR) is 71.5 cm³/mol. The van der Waals surface area contributed by atoms with Crippen LogP contribution in [0.15, 0.2) is 18.5 Å². The zero-order valence-corrected chi connectivity index (χ0v) is 11.9. The maximum absolute atomic E-state index is 12.3. The number of pyridine rings is 1. The minimum Gasteiger partial charge on any atom is -0.343 e. The van der Waals surface area contributed by atoms with Crippen LogP contribution in [0.3, 0.4) is 0 Å². The van der Waals surface area contributed by atoms with Gasteiger partial charge in [-0.05, 0) is 32.4 Å². The number of hydrogen-bond donors (Lipinski definition) is 1. The molecule has 102 valence electrons. The van der Waals surface area contributed by atoms with Crippen molar-refractivity contribution in [2.45, 2.75) is 38.9 Å². The van der Waals surface area contributed by atoms with Crippen molar-refractivity contribution in [3.8, 4) is 0 Å². The SMILES string of the molecule is CC1NC(=O)C(C)(C)N(Cc2ccncc2Cl)C1=O. The van der Waals surface area contributed by atoms with Crippen LogP contribution in [-0.2, 0) is 16.1 Å². The number of aromatic nitrogens is 1. The Kier molecular flexibility index (Phi) is 3.49. The molecule has 0 aliphatic carbocycles. The molecule has 19 heavy (non-hydrogen) atoms. The van der Waals surface area contributed by atoms with Gasteiger partial charge < -0.3 is 10.2 Å². The van der Waals surface area contributed by atoms with Crippen LogP contribution in [0.2, 0.25) is 5.02 Å². The minimum atomic E-state index is -0.893. The molecule has 1 saturated heterocycles. The largest absolute Gasteiger partial charge is 0.343 e. The molecule has 1 unspecified atom stereocenters. The van der Waals surface area contributed by atoms with Crippen molar-refractivity contribution in [3.63, 3.8) is 0 Å². The van der Waals surface area contributed by atoms with E-state index in [2.05, 4.69) is 10.3 Å². The Labute approximate surface area is 117 Å². The van der Waals surface area contributed by atoms with Gasteiger partial charge in [0.1, 0.15) is 11.6 Å². The Morgan fingerprint density at radius 3 is 2.79 bits per heavy atom. The monoisotopic (exact) mass is 281 g/mol. The Bertz CT molecular complexity index is 530. The molecule has 1 aliphatic heterocycles. The zero-order chi connectivity index (χ0) is 14.2. The first kappa shape index (κ1) is 13.8. The summed E-state index contributed by atoms with van der Waals surface area (Å²) < 4.78 is 0. The second kappa shape index (κ2) is 4.81. The maximum Gasteiger partial charge on any atom is 0.246 e. The van der Waals surface area contributed by atoms with E-state index in [4.69, 9.17) is 11.6 Å². The fourth-order valence-electron chi connectivity index (χ4n) is 2.04. The summed E-state index contributed by atoms with van der Waals surface area (Å²) in [5.41, 5.74) is -0.115. The van der Waals surface area contributed by atoms with E-state index in [-0.39, 0.29) is 11.8 Å². The lowest BCUT2D eigenvalue weighted by molar-refractivity contribution is -0.155. The van der Waals surface area contributed by atoms with Gasteiger partial charge in [-0.15, -0.1) is 0 Å². The maximum atomic E-state index is 12.3. The van der Waals surface area contributed by atoms with Crippen molar-refractivity contribution in [1.29, 1.82) is 0 Å². The number of amides is 2. The van der Waals surface area contributed by atoms with Crippen LogP contribution in [0, 0.1) is 0 Å². The molecule has 1 aromatic heterocycles. The number of rotatable bonds is 2. The molecule has 1 fully saturated rings. The number of piperazine rings is 1. The molecule has 5 nitrogen and oxygen atoms in total. The van der Waals surface area contributed by atoms with E-state index in [0.717, 1.165) is 5.56 Å². The summed E-state index contributed by atoms with van der Waals surface area (Å²) >= 11 is 6.06. The van der Waals surface area contributed by atoms with Gasteiger partial charge >= 0.3 is 0 Å². The van der Waals surface area contributed by atoms with Gasteiger partial charge in [0.2, 0.25) is 11.8 Å². The van der Waals surface area contributed by atoms with Crippen LogP contribution in [0.5, 0.6) is 0 Å². The molecule has 6 heteroatoms. The van der Waals surface area contributed by atoms with Gasteiger partial charge in [-0.2, -0.15) is 0 Å². The normalized spacial score (nSPS) is 22.3. The first-order chi connectivity index (χ1) is 8.84. The number of carbonyl (C=O) groups excluding carboxylic acids is 2. The lowest BCUT2D eigenvalue weighted by Crippen LogP contribution is -2.67. The van der Waals surface area contributed by atoms with E-state index in [0.29, 0.717) is 11.6 Å². The number of halogens is 1. The molecule has 0 radical (unpaired) electrons. The third kappa shape index (κ3) is 2.42. The number of carbonyl (C=O) groups is 2. The molecule has 1 N–H and O–H groups in total. The molecule has 1 aromatic rings. The quantitative estimate of drug-likeness (QED) is 0.890. The average molecular weight is 282 g/mol. The smallest absolute Gasteiger partial charge is 0.246 e. The summed E-state index contributed by atoms with van der Waals surface area (Å²) in [6.45, 7) is 5.42. The van der Waals surface area contributed by atoms with Gasteiger partial charge in [0.15, 0.2) is 0 Å². The lowest BCUT2D eigenvalue weighted by atomic mass is 9.95. The topological polar surface area (TPSA) is 62.3 Å². The first-order valence-electron chi connectivity index (χ1n) is 6.05. The van der Waals surface area contributed by atoms with E-state index in [1.54, 1.807) is 37.9 Å². The average Bonchev–Trinajstić information content (AvgIpc) is 2.35. The molecular weight excluding hydrogens is 266 g/mol. The molecule has 1 atom stereocenters. The standard InChI is InChI=1S/C13H16ClN3O2/c1-8-11(18)17(13(2,3)12(19)16-8)7-9-4-5-15-6-10(9)14/h4-6,8H,7H2,1-3H3,(H,16,19). The molecule has 0 bridgehead atoms. The summed E-state index contributed by atoms with van der Waals surface area (Å²) in [5.74, 6) is -0.276. The molecular formula is C13H16ClN3O2. The zero-order valence-electron chi connectivity index (χ0n) is 11.1. The van der Waals surface area contributed by atoms with Crippen molar-refractivity contribution in [2.24, 2.45) is 0 Å². The van der Waals surface area contributed by atoms with Gasteiger partial charge in [0, 0.05) is 18.9 Å². The summed E-state index contributed by atoms with van der Waals surface area (Å²) in [6.07, 6.45) is 3.15. The van der Waals surface area contributed by atoms with E-state index in [1.165, 1.54) is 6.20 Å². The van der Waals surface area contributed by atoms with Crippen LogP contribution in [0.1, 0.15) is 26.3 Å². The Hall–Kier alpha value is -1.62. The molecule has 2 rings (SSSR count). The summed E-state index contributed by atoms with van der Waals surface area (Å²) in [5, 5.41) is 3.16. The minimum absolute atomic E-state index is 0.113. The molecule has 0 saturated carbocycles. The molecule has 2 heterocycles. The summed E-state index contributed by atoms with van der Waals surface area (Å²) in [7, 11) is 0. The van der Waals surface area contributed by atoms with E-state index < -0.39 is 11.6 Å². The molecule has 1 aliphatic rings. The third-order valence-electron chi connectivity index (χ3n) is 3.40. The summed E-state index contributed by atoms with van der Waals surface area (Å²) in [4.78, 5) is 29.7. The molecule has 0 aromatic carbocycles. The van der Waals surface area contributed by atoms with E-state index in [9.17, 15) is 9.59 Å². The second-order valence-corrected chi connectivity index (χ2v) is 5.55. The highest BCUT2D eigenvalue weighted by Crippen LogP contribution is 2.25. The molecule has 0 spiro atoms. The van der Waals surface area contributed by atoms with Crippen LogP contribution in [0.4, 0.5) is 0 Å². The van der Waals surface area contributed by atoms with Crippen molar-refractivity contribution >= 4 is 23.4 Å². The van der Waals surface area contributed by atoms with Crippen molar-refractivity contribution in [2.75, 3.05) is 0 Å². The van der Waals surface area contributed by atoms with Crippen molar-refractivity contribution in [3.05, 3.63) is 29.0 Å². The Morgan fingerprint density at radius 2 is 2.16 bits per heavy atom. The second-order valence-electron chi connectivity index (χ2n) is 5.15.